The van der Waals surface area contributed by atoms with E-state index in [0.717, 1.165) is 17.7 Å². The number of hydrogen-bond acceptors (Lipinski definition) is 5. The van der Waals surface area contributed by atoms with Gasteiger partial charge in [-0.3, -0.25) is 24.6 Å². The van der Waals surface area contributed by atoms with E-state index in [-0.39, 0.29) is 30.4 Å². The predicted molar refractivity (Wildman–Crippen MR) is 113 cm³/mol. The Bertz CT molecular complexity index is 1080. The van der Waals surface area contributed by atoms with E-state index in [1.807, 2.05) is 12.1 Å². The average molecular weight is 419 g/mol. The monoisotopic (exact) mass is 419 g/mol. The number of benzene rings is 2. The molecule has 1 aliphatic carbocycles. The minimum atomic E-state index is -0.607. The van der Waals surface area contributed by atoms with Crippen LogP contribution in [0.3, 0.4) is 0 Å². The Morgan fingerprint density at radius 2 is 1.87 bits per heavy atom. The summed E-state index contributed by atoms with van der Waals surface area (Å²) in [5, 5.41) is 2.34. The Hall–Kier alpha value is -3.19. The summed E-state index contributed by atoms with van der Waals surface area (Å²) in [7, 11) is 4.12. The molecule has 0 aromatic heterocycles. The molecule has 7 heteroatoms. The fourth-order valence-corrected chi connectivity index (χ4v) is 5.05. The maximum absolute atomic E-state index is 12.9. The summed E-state index contributed by atoms with van der Waals surface area (Å²) in [6.07, 6.45) is 1.42. The molecule has 2 aromatic rings. The van der Waals surface area contributed by atoms with Gasteiger partial charge in [-0.25, -0.2) is 0 Å². The fraction of sp³-hybridized carbons (Fsp3) is 0.375. The highest BCUT2D eigenvalue weighted by Crippen LogP contribution is 2.38. The second kappa shape index (κ2) is 7.50. The van der Waals surface area contributed by atoms with Crippen molar-refractivity contribution in [1.82, 2.24) is 15.1 Å². The number of hydrogen-bond donors (Lipinski definition) is 1. The molecule has 1 fully saturated rings. The van der Waals surface area contributed by atoms with Crippen molar-refractivity contribution in [1.29, 1.82) is 0 Å². The molecular weight excluding hydrogens is 394 g/mol. The lowest BCUT2D eigenvalue weighted by molar-refractivity contribution is -0.136. The first-order valence-corrected chi connectivity index (χ1v) is 10.6. The SMILES string of the molecule is CN(C)[C@H]1c2ccccc2C[C@@H]1Oc1ccc2c(c1)CN(C1CCC(=O)NC1=O)C2=O. The van der Waals surface area contributed by atoms with Crippen LogP contribution in [0.1, 0.15) is 45.9 Å². The topological polar surface area (TPSA) is 79.0 Å². The number of amides is 3. The van der Waals surface area contributed by atoms with Gasteiger partial charge in [-0.2, -0.15) is 0 Å². The summed E-state index contributed by atoms with van der Waals surface area (Å²) in [4.78, 5) is 40.3. The van der Waals surface area contributed by atoms with Gasteiger partial charge in [0.15, 0.2) is 0 Å². The number of nitrogens with zero attached hydrogens (tertiary/aromatic N) is 2. The van der Waals surface area contributed by atoms with Crippen molar-refractivity contribution in [2.45, 2.75) is 44.0 Å². The number of imide groups is 1. The van der Waals surface area contributed by atoms with Gasteiger partial charge in [-0.15, -0.1) is 0 Å². The van der Waals surface area contributed by atoms with E-state index in [4.69, 9.17) is 4.74 Å². The van der Waals surface area contributed by atoms with Crippen molar-refractivity contribution < 1.29 is 19.1 Å². The summed E-state index contributed by atoms with van der Waals surface area (Å²) >= 11 is 0. The summed E-state index contributed by atoms with van der Waals surface area (Å²) in [5.41, 5.74) is 4.03. The van der Waals surface area contributed by atoms with Gasteiger partial charge in [0.1, 0.15) is 17.9 Å². The molecule has 160 valence electrons. The van der Waals surface area contributed by atoms with Gasteiger partial charge in [0.05, 0.1) is 6.04 Å². The first-order valence-electron chi connectivity index (χ1n) is 10.6. The van der Waals surface area contributed by atoms with Crippen molar-refractivity contribution in [3.05, 3.63) is 64.7 Å². The maximum atomic E-state index is 12.9. The number of rotatable bonds is 4. The van der Waals surface area contributed by atoms with E-state index >= 15 is 0 Å². The Balaban J connectivity index is 1.35. The van der Waals surface area contributed by atoms with Gasteiger partial charge < -0.3 is 9.64 Å². The first kappa shape index (κ1) is 19.8. The number of nitrogens with one attached hydrogen (secondary N) is 1. The van der Waals surface area contributed by atoms with Gasteiger partial charge in [0.25, 0.3) is 5.91 Å². The number of piperidine rings is 1. The maximum Gasteiger partial charge on any atom is 0.255 e. The van der Waals surface area contributed by atoms with Crippen LogP contribution in [0.15, 0.2) is 42.5 Å². The Labute approximate surface area is 181 Å². The normalized spacial score (nSPS) is 24.9. The lowest BCUT2D eigenvalue weighted by Gasteiger charge is -2.29. The van der Waals surface area contributed by atoms with Crippen LogP contribution in [0.4, 0.5) is 0 Å². The molecule has 2 aromatic carbocycles. The molecule has 0 radical (unpaired) electrons. The molecule has 2 heterocycles. The molecule has 2 aliphatic heterocycles. The molecule has 3 aliphatic rings. The van der Waals surface area contributed by atoms with Crippen molar-refractivity contribution >= 4 is 17.7 Å². The van der Waals surface area contributed by atoms with E-state index in [2.05, 4.69) is 48.6 Å². The van der Waals surface area contributed by atoms with Crippen LogP contribution in [0.5, 0.6) is 5.75 Å². The second-order valence-electron chi connectivity index (χ2n) is 8.69. The molecule has 5 rings (SSSR count). The minimum Gasteiger partial charge on any atom is -0.488 e. The van der Waals surface area contributed by atoms with Gasteiger partial charge in [-0.05, 0) is 55.4 Å². The quantitative estimate of drug-likeness (QED) is 0.768. The minimum absolute atomic E-state index is 0.0196. The highest BCUT2D eigenvalue weighted by Gasteiger charge is 2.40. The smallest absolute Gasteiger partial charge is 0.255 e. The van der Waals surface area contributed by atoms with E-state index in [0.29, 0.717) is 18.5 Å². The number of carbonyl (C=O) groups excluding carboxylic acids is 3. The number of ether oxygens (including phenoxy) is 1. The standard InChI is InChI=1S/C24H25N3O4/c1-26(2)22-17-6-4-3-5-14(17)12-20(22)31-16-7-8-18-15(11-16)13-27(24(18)30)19-9-10-21(28)25-23(19)29/h3-8,11,19-20,22H,9-10,12-13H2,1-2H3,(H,25,28,29)/t19?,20-,22-/m0/s1. The largest absolute Gasteiger partial charge is 0.488 e. The van der Waals surface area contributed by atoms with Crippen LogP contribution in [0, 0.1) is 0 Å². The molecule has 1 N–H and O–H groups in total. The van der Waals surface area contributed by atoms with Gasteiger partial charge in [-0.1, -0.05) is 24.3 Å². The molecule has 1 saturated heterocycles. The van der Waals surface area contributed by atoms with Crippen molar-refractivity contribution in [3.63, 3.8) is 0 Å². The molecule has 31 heavy (non-hydrogen) atoms. The van der Waals surface area contributed by atoms with E-state index in [9.17, 15) is 14.4 Å². The van der Waals surface area contributed by atoms with Gasteiger partial charge >= 0.3 is 0 Å². The van der Waals surface area contributed by atoms with E-state index in [1.165, 1.54) is 11.1 Å². The zero-order valence-electron chi connectivity index (χ0n) is 17.6. The van der Waals surface area contributed by atoms with Crippen LogP contribution < -0.4 is 10.1 Å². The first-order chi connectivity index (χ1) is 14.9. The third-order valence-corrected chi connectivity index (χ3v) is 6.49. The van der Waals surface area contributed by atoms with Crippen molar-refractivity contribution in [2.24, 2.45) is 0 Å². The number of carbonyl (C=O) groups is 3. The number of fused-ring (bicyclic) bond motifs is 2. The zero-order valence-corrected chi connectivity index (χ0v) is 17.6. The lowest BCUT2D eigenvalue weighted by Crippen LogP contribution is -2.52. The van der Waals surface area contributed by atoms with Crippen molar-refractivity contribution in [3.8, 4) is 5.75 Å². The predicted octanol–water partition coefficient (Wildman–Crippen LogP) is 2.05. The average Bonchev–Trinajstić information content (AvgIpc) is 3.25. The molecule has 3 amide bonds. The molecular formula is C24H25N3O4. The molecule has 7 nitrogen and oxygen atoms in total. The van der Waals surface area contributed by atoms with E-state index in [1.54, 1.807) is 11.0 Å². The third kappa shape index (κ3) is 3.39. The molecule has 0 spiro atoms. The third-order valence-electron chi connectivity index (χ3n) is 6.49. The zero-order chi connectivity index (χ0) is 21.7. The summed E-state index contributed by atoms with van der Waals surface area (Å²) in [5.74, 6) is -0.127. The van der Waals surface area contributed by atoms with E-state index < -0.39 is 11.9 Å². The van der Waals surface area contributed by atoms with Crippen LogP contribution in [-0.4, -0.2) is 53.8 Å². The van der Waals surface area contributed by atoms with Crippen molar-refractivity contribution in [2.75, 3.05) is 14.1 Å². The summed E-state index contributed by atoms with van der Waals surface area (Å²) in [6, 6.07) is 13.5. The summed E-state index contributed by atoms with van der Waals surface area (Å²) in [6.45, 7) is 0.347. The number of likely N-dealkylation sites (N-methyl/N-ethyl adjacent to an activating group) is 1. The highest BCUT2D eigenvalue weighted by atomic mass is 16.5. The second-order valence-corrected chi connectivity index (χ2v) is 8.69. The molecule has 1 unspecified atom stereocenters. The molecule has 0 saturated carbocycles. The van der Waals surface area contributed by atoms with Gasteiger partial charge in [0, 0.05) is 24.9 Å². The van der Waals surface area contributed by atoms with Crippen LogP contribution in [0.2, 0.25) is 0 Å². The Morgan fingerprint density at radius 1 is 1.06 bits per heavy atom. The van der Waals surface area contributed by atoms with Crippen LogP contribution in [-0.2, 0) is 22.6 Å². The molecule has 0 bridgehead atoms. The van der Waals surface area contributed by atoms with Crippen LogP contribution in [0.25, 0.3) is 0 Å². The van der Waals surface area contributed by atoms with Gasteiger partial charge in [0.2, 0.25) is 11.8 Å². The fourth-order valence-electron chi connectivity index (χ4n) is 5.05. The highest BCUT2D eigenvalue weighted by molar-refractivity contribution is 6.05. The Morgan fingerprint density at radius 3 is 2.65 bits per heavy atom. The summed E-state index contributed by atoms with van der Waals surface area (Å²) < 4.78 is 6.41. The lowest BCUT2D eigenvalue weighted by atomic mass is 10.0. The molecule has 3 atom stereocenters. The Kier molecular flexibility index (Phi) is 4.78. The van der Waals surface area contributed by atoms with Crippen LogP contribution >= 0.6 is 0 Å².